The number of benzene rings is 2. The summed E-state index contributed by atoms with van der Waals surface area (Å²) in [4.78, 5) is 0. The Labute approximate surface area is 188 Å². The Balaban J connectivity index is 1.45. The van der Waals surface area contributed by atoms with Gasteiger partial charge in [-0.25, -0.2) is 8.42 Å². The summed E-state index contributed by atoms with van der Waals surface area (Å²) in [6, 6.07) is 14.8. The van der Waals surface area contributed by atoms with Crippen molar-refractivity contribution in [2.24, 2.45) is 11.8 Å². The van der Waals surface area contributed by atoms with Crippen molar-refractivity contribution < 1.29 is 8.42 Å². The molecule has 0 saturated heterocycles. The van der Waals surface area contributed by atoms with E-state index in [0.717, 1.165) is 49.4 Å². The lowest BCUT2D eigenvalue weighted by Crippen LogP contribution is -2.26. The van der Waals surface area contributed by atoms with Crippen LogP contribution in [0.5, 0.6) is 0 Å². The maximum absolute atomic E-state index is 12.2. The van der Waals surface area contributed by atoms with Crippen LogP contribution in [0.2, 0.25) is 0 Å². The van der Waals surface area contributed by atoms with Crippen molar-refractivity contribution in [2.45, 2.75) is 71.5 Å². The summed E-state index contributed by atoms with van der Waals surface area (Å²) in [7, 11) is -2.92. The quantitative estimate of drug-likeness (QED) is 0.447. The third kappa shape index (κ3) is 6.73. The van der Waals surface area contributed by atoms with Crippen molar-refractivity contribution >= 4 is 21.2 Å². The van der Waals surface area contributed by atoms with Crippen LogP contribution in [-0.4, -0.2) is 19.4 Å². The summed E-state index contributed by atoms with van der Waals surface area (Å²) in [5, 5.41) is -0.252. The van der Waals surface area contributed by atoms with Crippen LogP contribution in [0.3, 0.4) is 0 Å². The molecule has 3 rings (SSSR count). The van der Waals surface area contributed by atoms with Crippen LogP contribution >= 0.6 is 0 Å². The molecule has 0 aliphatic heterocycles. The molecule has 1 saturated carbocycles. The first-order chi connectivity index (χ1) is 14.7. The first-order valence-corrected chi connectivity index (χ1v) is 13.3. The molecular weight excluding hydrogens is 404 g/mol. The summed E-state index contributed by atoms with van der Waals surface area (Å²) in [6.45, 7) is 7.86. The zero-order chi connectivity index (χ0) is 22.4. The van der Waals surface area contributed by atoms with Gasteiger partial charge in [-0.1, -0.05) is 37.1 Å². The fourth-order valence-electron chi connectivity index (χ4n) is 4.47. The van der Waals surface area contributed by atoms with Crippen molar-refractivity contribution in [1.82, 2.24) is 0 Å². The molecule has 5 heteroatoms. The van der Waals surface area contributed by atoms with Gasteiger partial charge in [0, 0.05) is 0 Å². The average Bonchev–Trinajstić information content (AvgIpc) is 2.73. The lowest BCUT2D eigenvalue weighted by atomic mass is 9.80. The highest BCUT2D eigenvalue weighted by Gasteiger charge is 2.27. The number of aryl methyl sites for hydroxylation is 3. The monoisotopic (exact) mass is 442 g/mol. The topological polar surface area (TPSA) is 58.2 Å². The minimum absolute atomic E-state index is 0.252. The summed E-state index contributed by atoms with van der Waals surface area (Å²) in [5.74, 6) is 1.45. The molecular formula is C26H38N2O2S. The Morgan fingerprint density at radius 3 is 2.23 bits per heavy atom. The average molecular weight is 443 g/mol. The predicted molar refractivity (Wildman–Crippen MR) is 132 cm³/mol. The largest absolute Gasteiger partial charge is 0.301 e. The summed E-state index contributed by atoms with van der Waals surface area (Å²) in [6.07, 6.45) is 6.73. The van der Waals surface area contributed by atoms with Crippen molar-refractivity contribution in [3.05, 3.63) is 59.2 Å². The van der Waals surface area contributed by atoms with Gasteiger partial charge in [-0.05, 0) is 100 Å². The number of sulfone groups is 1. The molecule has 1 aliphatic rings. The molecule has 31 heavy (non-hydrogen) atoms. The van der Waals surface area contributed by atoms with Gasteiger partial charge in [0.25, 0.3) is 0 Å². The maximum atomic E-state index is 12.2. The molecule has 1 fully saturated rings. The van der Waals surface area contributed by atoms with Gasteiger partial charge < -0.3 is 10.9 Å². The Morgan fingerprint density at radius 1 is 0.903 bits per heavy atom. The highest BCUT2D eigenvalue weighted by molar-refractivity contribution is 7.91. The highest BCUT2D eigenvalue weighted by atomic mass is 32.2. The molecule has 1 aliphatic carbocycles. The van der Waals surface area contributed by atoms with Gasteiger partial charge in [-0.2, -0.15) is 0 Å². The molecule has 0 bridgehead atoms. The second-order valence-corrected chi connectivity index (χ2v) is 12.1. The van der Waals surface area contributed by atoms with E-state index >= 15 is 0 Å². The minimum Gasteiger partial charge on any atom is -0.301 e. The van der Waals surface area contributed by atoms with E-state index in [1.807, 2.05) is 12.1 Å². The van der Waals surface area contributed by atoms with Gasteiger partial charge in [-0.3, -0.25) is 0 Å². The Bertz CT molecular complexity index is 961. The number of hydrazine groups is 1. The van der Waals surface area contributed by atoms with Crippen LogP contribution in [0.4, 0.5) is 11.4 Å². The fourth-order valence-corrected chi connectivity index (χ4v) is 5.85. The highest BCUT2D eigenvalue weighted by Crippen LogP contribution is 2.33. The molecule has 0 amide bonds. The van der Waals surface area contributed by atoms with E-state index in [0.29, 0.717) is 11.7 Å². The number of rotatable bonds is 9. The lowest BCUT2D eigenvalue weighted by molar-refractivity contribution is 0.278. The molecule has 2 aromatic rings. The number of anilines is 2. The first-order valence-electron chi connectivity index (χ1n) is 11.6. The third-order valence-electron chi connectivity index (χ3n) is 6.80. The minimum atomic E-state index is -2.92. The fraction of sp³-hybridized carbons (Fsp3) is 0.538. The van der Waals surface area contributed by atoms with E-state index in [4.69, 9.17) is 0 Å². The molecule has 2 aromatic carbocycles. The molecule has 0 spiro atoms. The molecule has 0 aromatic heterocycles. The number of hydrogen-bond donors (Lipinski definition) is 2. The summed E-state index contributed by atoms with van der Waals surface area (Å²) in [5.41, 5.74) is 12.7. The Hall–Kier alpha value is -2.01. The number of para-hydroxylation sites is 1. The van der Waals surface area contributed by atoms with E-state index in [1.54, 1.807) is 13.8 Å². The van der Waals surface area contributed by atoms with Crippen molar-refractivity contribution in [3.8, 4) is 0 Å². The second kappa shape index (κ2) is 10.5. The lowest BCUT2D eigenvalue weighted by Gasteiger charge is -2.29. The zero-order valence-electron chi connectivity index (χ0n) is 19.4. The van der Waals surface area contributed by atoms with Crippen LogP contribution in [0.25, 0.3) is 0 Å². The van der Waals surface area contributed by atoms with E-state index in [9.17, 15) is 8.42 Å². The smallest absolute Gasteiger partial charge is 0.152 e. The molecule has 170 valence electrons. The van der Waals surface area contributed by atoms with E-state index in [-0.39, 0.29) is 5.25 Å². The molecule has 0 atom stereocenters. The number of hydrogen-bond acceptors (Lipinski definition) is 4. The van der Waals surface area contributed by atoms with E-state index in [2.05, 4.69) is 55.0 Å². The van der Waals surface area contributed by atoms with Crippen LogP contribution in [0.15, 0.2) is 42.5 Å². The van der Waals surface area contributed by atoms with Gasteiger partial charge in [0.2, 0.25) is 0 Å². The number of nitrogens with one attached hydrogen (secondary N) is 2. The normalized spacial score (nSPS) is 19.4. The van der Waals surface area contributed by atoms with Gasteiger partial charge >= 0.3 is 0 Å². The van der Waals surface area contributed by atoms with Crippen LogP contribution in [0, 0.1) is 25.7 Å². The SMILES string of the molecule is Cc1cc(NNc2ccccc2C)ccc1CCC1CCC(CS(=O)(=O)C(C)C)CC1. The third-order valence-corrected chi connectivity index (χ3v) is 9.18. The van der Waals surface area contributed by atoms with Crippen LogP contribution in [-0.2, 0) is 16.3 Å². The summed E-state index contributed by atoms with van der Waals surface area (Å²) >= 11 is 0. The first kappa shape index (κ1) is 23.6. The van der Waals surface area contributed by atoms with Crippen LogP contribution < -0.4 is 10.9 Å². The molecule has 4 nitrogen and oxygen atoms in total. The van der Waals surface area contributed by atoms with Crippen molar-refractivity contribution in [3.63, 3.8) is 0 Å². The second-order valence-electron chi connectivity index (χ2n) is 9.51. The van der Waals surface area contributed by atoms with E-state index in [1.165, 1.54) is 23.1 Å². The summed E-state index contributed by atoms with van der Waals surface area (Å²) < 4.78 is 24.4. The molecule has 0 unspecified atom stereocenters. The van der Waals surface area contributed by atoms with Crippen molar-refractivity contribution in [1.29, 1.82) is 0 Å². The van der Waals surface area contributed by atoms with E-state index < -0.39 is 9.84 Å². The molecule has 0 heterocycles. The zero-order valence-corrected chi connectivity index (χ0v) is 20.3. The van der Waals surface area contributed by atoms with Gasteiger partial charge in [0.05, 0.1) is 22.4 Å². The predicted octanol–water partition coefficient (Wildman–Crippen LogP) is 6.30. The van der Waals surface area contributed by atoms with Gasteiger partial charge in [-0.15, -0.1) is 0 Å². The Kier molecular flexibility index (Phi) is 8.04. The van der Waals surface area contributed by atoms with Gasteiger partial charge in [0.15, 0.2) is 9.84 Å². The van der Waals surface area contributed by atoms with Crippen LogP contribution in [0.1, 0.15) is 62.6 Å². The molecule has 0 radical (unpaired) electrons. The Morgan fingerprint density at radius 2 is 1.58 bits per heavy atom. The standard InChI is InChI=1S/C26H38N2O2S/c1-19(2)31(29,30)18-23-11-9-22(10-12-23)13-14-24-15-16-25(17-21(24)4)27-28-26-8-6-5-7-20(26)3/h5-8,15-17,19,22-23,27-28H,9-14,18H2,1-4H3. The molecule has 2 N–H and O–H groups in total. The van der Waals surface area contributed by atoms with Crippen molar-refractivity contribution in [2.75, 3.05) is 16.6 Å². The maximum Gasteiger partial charge on any atom is 0.152 e. The van der Waals surface area contributed by atoms with Gasteiger partial charge in [0.1, 0.15) is 0 Å².